The molecule has 0 aliphatic carbocycles. The first-order valence-electron chi connectivity index (χ1n) is 9.83. The Hall–Kier alpha value is -2.45. The maximum Gasteiger partial charge on any atom is 0.229 e. The van der Waals surface area contributed by atoms with Gasteiger partial charge in [-0.05, 0) is 62.1 Å². The molecular weight excluding hydrogens is 377 g/mol. The quantitative estimate of drug-likeness (QED) is 0.681. The number of rotatable bonds is 6. The first-order chi connectivity index (χ1) is 13.9. The molecule has 0 N–H and O–H groups in total. The molecule has 2 saturated heterocycles. The average Bonchev–Trinajstić information content (AvgIpc) is 3.32. The van der Waals surface area contributed by atoms with E-state index in [4.69, 9.17) is 24.5 Å². The second-order valence-electron chi connectivity index (χ2n) is 7.88. The van der Waals surface area contributed by atoms with Gasteiger partial charge in [0, 0.05) is 12.6 Å². The molecule has 0 bridgehead atoms. The lowest BCUT2D eigenvalue weighted by molar-refractivity contribution is -0.141. The minimum atomic E-state index is -0.680. The van der Waals surface area contributed by atoms with Gasteiger partial charge < -0.3 is 23.8 Å². The van der Waals surface area contributed by atoms with E-state index in [0.29, 0.717) is 19.0 Å². The van der Waals surface area contributed by atoms with Gasteiger partial charge in [0.05, 0.1) is 18.3 Å². The molecule has 7 nitrogen and oxygen atoms in total. The van der Waals surface area contributed by atoms with Crippen LogP contribution in [0.5, 0.6) is 5.75 Å². The first-order valence-corrected chi connectivity index (χ1v) is 9.83. The van der Waals surface area contributed by atoms with Crippen molar-refractivity contribution in [1.82, 2.24) is 10.4 Å². The molecule has 0 aromatic heterocycles. The Morgan fingerprint density at radius 3 is 2.90 bits per heavy atom. The normalized spacial score (nSPS) is 28.2. The van der Waals surface area contributed by atoms with Crippen LogP contribution >= 0.6 is 0 Å². The van der Waals surface area contributed by atoms with Crippen molar-refractivity contribution >= 4 is 0 Å². The zero-order valence-corrected chi connectivity index (χ0v) is 16.6. The fourth-order valence-corrected chi connectivity index (χ4v) is 3.95. The highest BCUT2D eigenvalue weighted by atomic mass is 19.1. The van der Waals surface area contributed by atoms with E-state index in [1.54, 1.807) is 18.4 Å². The van der Waals surface area contributed by atoms with Crippen molar-refractivity contribution < 1.29 is 23.3 Å². The topological polar surface area (TPSA) is 74.8 Å². The molecule has 1 aromatic rings. The number of benzene rings is 1. The van der Waals surface area contributed by atoms with Crippen molar-refractivity contribution in [2.24, 2.45) is 5.11 Å². The molecule has 0 saturated carbocycles. The molecule has 1 aromatic carbocycles. The van der Waals surface area contributed by atoms with Gasteiger partial charge in [0.1, 0.15) is 30.5 Å². The van der Waals surface area contributed by atoms with Crippen LogP contribution in [0.3, 0.4) is 0 Å². The highest BCUT2D eigenvalue weighted by Gasteiger charge is 2.33. The van der Waals surface area contributed by atoms with Crippen LogP contribution in [0.15, 0.2) is 47.4 Å². The smallest absolute Gasteiger partial charge is 0.229 e. The van der Waals surface area contributed by atoms with Crippen LogP contribution in [0, 0.1) is 5.82 Å². The number of ether oxygens (including phenoxy) is 4. The molecule has 155 valence electrons. The van der Waals surface area contributed by atoms with Crippen LogP contribution in [0.1, 0.15) is 38.3 Å². The van der Waals surface area contributed by atoms with E-state index in [1.165, 1.54) is 6.07 Å². The molecule has 0 spiro atoms. The first kappa shape index (κ1) is 19.8. The Labute approximate surface area is 169 Å². The lowest BCUT2D eigenvalue weighted by Crippen LogP contribution is -2.25. The summed E-state index contributed by atoms with van der Waals surface area (Å²) in [6, 6.07) is 4.83. The Balaban J connectivity index is 1.46. The summed E-state index contributed by atoms with van der Waals surface area (Å²) in [7, 11) is 0. The predicted octanol–water partition coefficient (Wildman–Crippen LogP) is 3.50. The second kappa shape index (κ2) is 8.12. The summed E-state index contributed by atoms with van der Waals surface area (Å²) in [5, 5.41) is 3.11. The fourth-order valence-electron chi connectivity index (χ4n) is 3.95. The minimum absolute atomic E-state index is 0.0140. The Kier molecular flexibility index (Phi) is 5.56. The van der Waals surface area contributed by atoms with Crippen molar-refractivity contribution in [3.05, 3.63) is 53.7 Å². The van der Waals surface area contributed by atoms with E-state index in [1.807, 2.05) is 26.0 Å². The maximum absolute atomic E-state index is 14.3. The van der Waals surface area contributed by atoms with Gasteiger partial charge in [0.2, 0.25) is 6.23 Å². The molecular formula is C21H25FN3O4. The van der Waals surface area contributed by atoms with Gasteiger partial charge in [-0.2, -0.15) is 0 Å². The van der Waals surface area contributed by atoms with E-state index >= 15 is 0 Å². The predicted molar refractivity (Wildman–Crippen MR) is 102 cm³/mol. The van der Waals surface area contributed by atoms with Gasteiger partial charge in [0.15, 0.2) is 5.79 Å². The zero-order chi connectivity index (χ0) is 20.4. The van der Waals surface area contributed by atoms with Gasteiger partial charge in [-0.25, -0.2) is 4.39 Å². The molecule has 2 fully saturated rings. The second-order valence-corrected chi connectivity index (χ2v) is 7.88. The molecule has 3 aliphatic rings. The molecule has 0 amide bonds. The molecule has 3 aliphatic heterocycles. The molecule has 4 rings (SSSR count). The minimum Gasteiger partial charge on any atom is -0.491 e. The number of hydrogen-bond donors (Lipinski definition) is 0. The van der Waals surface area contributed by atoms with Crippen molar-refractivity contribution in [2.75, 3.05) is 19.8 Å². The van der Waals surface area contributed by atoms with Gasteiger partial charge in [-0.15, -0.1) is 5.11 Å². The highest BCUT2D eigenvalue weighted by molar-refractivity contribution is 5.34. The van der Waals surface area contributed by atoms with Crippen LogP contribution in [0.25, 0.3) is 0 Å². The summed E-state index contributed by atoms with van der Waals surface area (Å²) < 4.78 is 36.8. The van der Waals surface area contributed by atoms with E-state index in [9.17, 15) is 4.39 Å². The maximum atomic E-state index is 14.3. The zero-order valence-electron chi connectivity index (χ0n) is 16.6. The van der Waals surface area contributed by atoms with Crippen molar-refractivity contribution in [1.29, 1.82) is 0 Å². The van der Waals surface area contributed by atoms with Gasteiger partial charge in [0.25, 0.3) is 0 Å². The molecule has 2 unspecified atom stereocenters. The van der Waals surface area contributed by atoms with Crippen LogP contribution in [-0.2, 0) is 14.2 Å². The van der Waals surface area contributed by atoms with E-state index in [2.05, 4.69) is 10.0 Å². The Bertz CT molecular complexity index is 826. The number of hydrogen-bond acceptors (Lipinski definition) is 6. The molecule has 1 radical (unpaired) electrons. The summed E-state index contributed by atoms with van der Waals surface area (Å²) in [5.74, 6) is -0.475. The third kappa shape index (κ3) is 4.59. The van der Waals surface area contributed by atoms with Crippen LogP contribution in [-0.4, -0.2) is 42.8 Å². The van der Waals surface area contributed by atoms with Crippen molar-refractivity contribution in [2.45, 2.75) is 50.8 Å². The SMILES string of the molecule is CC1(C)OCC(COc2cc(F)cc([C@H]3CCCN3C3=COC(N=[N])C=C3)c2)O1. The number of allylic oxidation sites excluding steroid dienone is 1. The van der Waals surface area contributed by atoms with Crippen molar-refractivity contribution in [3.8, 4) is 5.75 Å². The van der Waals surface area contributed by atoms with Crippen LogP contribution in [0.2, 0.25) is 0 Å². The summed E-state index contributed by atoms with van der Waals surface area (Å²) in [6.45, 7) is 5.30. The third-order valence-corrected chi connectivity index (χ3v) is 5.24. The van der Waals surface area contributed by atoms with Gasteiger partial charge in [-0.1, -0.05) is 0 Å². The highest BCUT2D eigenvalue weighted by Crippen LogP contribution is 2.37. The lowest BCUT2D eigenvalue weighted by Gasteiger charge is -2.29. The lowest BCUT2D eigenvalue weighted by atomic mass is 10.0. The molecule has 3 atom stereocenters. The van der Waals surface area contributed by atoms with E-state index in [-0.39, 0.29) is 18.0 Å². The molecule has 3 heterocycles. The summed E-state index contributed by atoms with van der Waals surface area (Å²) in [6.07, 6.45) is 6.14. The van der Waals surface area contributed by atoms with Crippen LogP contribution < -0.4 is 10.3 Å². The van der Waals surface area contributed by atoms with Gasteiger partial charge in [-0.3, -0.25) is 0 Å². The molecule has 8 heteroatoms. The van der Waals surface area contributed by atoms with E-state index < -0.39 is 12.0 Å². The van der Waals surface area contributed by atoms with Crippen molar-refractivity contribution in [3.63, 3.8) is 0 Å². The fraction of sp³-hybridized carbons (Fsp3) is 0.524. The van der Waals surface area contributed by atoms with Crippen LogP contribution in [0.4, 0.5) is 4.39 Å². The monoisotopic (exact) mass is 402 g/mol. The summed E-state index contributed by atoms with van der Waals surface area (Å²) in [5.41, 5.74) is 10.5. The number of likely N-dealkylation sites (tertiary alicyclic amines) is 1. The molecule has 29 heavy (non-hydrogen) atoms. The average molecular weight is 402 g/mol. The number of halogens is 1. The Morgan fingerprint density at radius 1 is 1.34 bits per heavy atom. The standard InChI is InChI=1S/C21H25FN3O4/c1-21(2)28-13-18(29-21)12-26-17-9-14(8-15(22)10-17)19-4-3-7-25(19)16-5-6-20(24-23)27-11-16/h5-6,8-11,18-20H,3-4,7,12-13H2,1-2H3/t18?,19-,20?/m1/s1. The van der Waals surface area contributed by atoms with Gasteiger partial charge >= 0.3 is 0 Å². The largest absolute Gasteiger partial charge is 0.491 e. The number of nitrogens with zero attached hydrogens (tertiary/aromatic N) is 3. The summed E-state index contributed by atoms with van der Waals surface area (Å²) >= 11 is 0. The van der Waals surface area contributed by atoms with E-state index in [0.717, 1.165) is 30.6 Å². The summed E-state index contributed by atoms with van der Waals surface area (Å²) in [4.78, 5) is 2.17. The Morgan fingerprint density at radius 2 is 2.21 bits per heavy atom. The third-order valence-electron chi connectivity index (χ3n) is 5.24.